The summed E-state index contributed by atoms with van der Waals surface area (Å²) in [6.45, 7) is 2.09. The molecule has 1 fully saturated rings. The number of anilines is 1. The average molecular weight is 391 g/mol. The van der Waals surface area contributed by atoms with Crippen LogP contribution in [-0.4, -0.2) is 69.7 Å². The molecule has 3 N–H and O–H groups in total. The summed E-state index contributed by atoms with van der Waals surface area (Å²) in [5, 5.41) is 5.45. The van der Waals surface area contributed by atoms with Crippen LogP contribution in [0.5, 0.6) is 11.5 Å². The minimum absolute atomic E-state index is 0.0130. The molecule has 0 spiro atoms. The van der Waals surface area contributed by atoms with Crippen LogP contribution in [0.4, 0.5) is 5.69 Å². The number of ether oxygens (including phenoxy) is 2. The topological polar surface area (TPSA) is 101 Å². The van der Waals surface area contributed by atoms with Gasteiger partial charge in [0.1, 0.15) is 0 Å². The van der Waals surface area contributed by atoms with Gasteiger partial charge in [0.05, 0.1) is 19.6 Å². The zero-order valence-electron chi connectivity index (χ0n) is 16.2. The van der Waals surface area contributed by atoms with Gasteiger partial charge in [0, 0.05) is 44.6 Å². The van der Waals surface area contributed by atoms with Gasteiger partial charge in [0.15, 0.2) is 18.0 Å². The summed E-state index contributed by atoms with van der Waals surface area (Å²) in [6.07, 6.45) is 1.44. The van der Waals surface area contributed by atoms with Crippen molar-refractivity contribution in [2.45, 2.75) is 12.8 Å². The molecule has 1 aromatic carbocycles. The molecule has 1 saturated heterocycles. The van der Waals surface area contributed by atoms with Crippen LogP contribution in [-0.2, 0) is 14.4 Å². The summed E-state index contributed by atoms with van der Waals surface area (Å²) < 4.78 is 10.6. The molecule has 0 aliphatic carbocycles. The summed E-state index contributed by atoms with van der Waals surface area (Å²) in [7, 11) is 3.17. The van der Waals surface area contributed by atoms with E-state index >= 15 is 0 Å². The number of piperidine rings is 1. The molecule has 0 unspecified atom stereocenters. The Morgan fingerprint density at radius 2 is 1.89 bits per heavy atom. The number of nitrogens with one attached hydrogen (secondary N) is 3. The van der Waals surface area contributed by atoms with E-state index in [-0.39, 0.29) is 37.0 Å². The van der Waals surface area contributed by atoms with Gasteiger partial charge in [-0.1, -0.05) is 0 Å². The second kappa shape index (κ2) is 8.92. The largest absolute Gasteiger partial charge is 0.454 e. The Bertz CT molecular complexity index is 746. The number of benzene rings is 1. The van der Waals surface area contributed by atoms with Crippen molar-refractivity contribution >= 4 is 23.4 Å². The molecule has 2 aliphatic heterocycles. The number of amides is 3. The minimum Gasteiger partial charge on any atom is -0.454 e. The van der Waals surface area contributed by atoms with Gasteiger partial charge in [0.2, 0.25) is 18.6 Å². The van der Waals surface area contributed by atoms with E-state index in [1.54, 1.807) is 32.3 Å². The first-order valence-corrected chi connectivity index (χ1v) is 9.45. The van der Waals surface area contributed by atoms with Gasteiger partial charge in [-0.25, -0.2) is 0 Å². The molecular weight excluding hydrogens is 364 g/mol. The lowest BCUT2D eigenvalue weighted by atomic mass is 9.95. The molecule has 0 radical (unpaired) electrons. The van der Waals surface area contributed by atoms with Gasteiger partial charge in [0.25, 0.3) is 5.91 Å². The third-order valence-electron chi connectivity index (χ3n) is 5.19. The summed E-state index contributed by atoms with van der Waals surface area (Å²) >= 11 is 0. The summed E-state index contributed by atoms with van der Waals surface area (Å²) in [6, 6.07) is 5.35. The minimum atomic E-state index is -0.190. The molecule has 2 heterocycles. The van der Waals surface area contributed by atoms with E-state index in [1.807, 2.05) is 0 Å². The summed E-state index contributed by atoms with van der Waals surface area (Å²) in [5.41, 5.74) is 0.690. The molecule has 1 aromatic rings. The zero-order valence-corrected chi connectivity index (χ0v) is 16.2. The fraction of sp³-hybridized carbons (Fsp3) is 0.526. The lowest BCUT2D eigenvalue weighted by molar-refractivity contribution is -0.898. The van der Waals surface area contributed by atoms with Crippen molar-refractivity contribution in [1.29, 1.82) is 0 Å². The van der Waals surface area contributed by atoms with E-state index < -0.39 is 0 Å². The van der Waals surface area contributed by atoms with Crippen LogP contribution in [0.2, 0.25) is 0 Å². The highest BCUT2D eigenvalue weighted by atomic mass is 16.7. The van der Waals surface area contributed by atoms with Gasteiger partial charge >= 0.3 is 0 Å². The van der Waals surface area contributed by atoms with Crippen molar-refractivity contribution < 1.29 is 28.8 Å². The smallest absolute Gasteiger partial charge is 0.277 e. The first-order valence-electron chi connectivity index (χ1n) is 9.45. The van der Waals surface area contributed by atoms with Crippen LogP contribution in [0.25, 0.3) is 0 Å². The number of fused-ring (bicyclic) bond motifs is 1. The van der Waals surface area contributed by atoms with E-state index in [9.17, 15) is 14.4 Å². The highest BCUT2D eigenvalue weighted by Crippen LogP contribution is 2.34. The third-order valence-corrected chi connectivity index (χ3v) is 5.19. The SMILES string of the molecule is CNC(=O)CN(C)C(=O)C[NH+]1CCC(C(=O)Nc2ccc3c(c2)OCO3)CC1. The van der Waals surface area contributed by atoms with Crippen LogP contribution in [0.3, 0.4) is 0 Å². The van der Waals surface area contributed by atoms with Crippen molar-refractivity contribution in [3.05, 3.63) is 18.2 Å². The van der Waals surface area contributed by atoms with E-state index in [1.165, 1.54) is 4.90 Å². The van der Waals surface area contributed by atoms with Gasteiger partial charge in [-0.05, 0) is 12.1 Å². The molecule has 9 heteroatoms. The third kappa shape index (κ3) is 4.92. The van der Waals surface area contributed by atoms with Crippen LogP contribution in [0, 0.1) is 5.92 Å². The van der Waals surface area contributed by atoms with Crippen LogP contribution >= 0.6 is 0 Å². The van der Waals surface area contributed by atoms with Gasteiger partial charge in [-0.15, -0.1) is 0 Å². The lowest BCUT2D eigenvalue weighted by Gasteiger charge is -2.29. The molecule has 0 aromatic heterocycles. The number of likely N-dealkylation sites (N-methyl/N-ethyl adjacent to an activating group) is 2. The first kappa shape index (κ1) is 19.9. The van der Waals surface area contributed by atoms with Crippen molar-refractivity contribution in [3.63, 3.8) is 0 Å². The Kier molecular flexibility index (Phi) is 6.35. The van der Waals surface area contributed by atoms with E-state index in [0.717, 1.165) is 30.8 Å². The number of carbonyl (C=O) groups is 3. The molecule has 0 bridgehead atoms. The molecule has 0 saturated carbocycles. The van der Waals surface area contributed by atoms with Gasteiger partial charge in [-0.3, -0.25) is 14.4 Å². The quantitative estimate of drug-likeness (QED) is 0.569. The Morgan fingerprint density at radius 1 is 1.18 bits per heavy atom. The number of likely N-dealkylation sites (tertiary alicyclic amines) is 1. The van der Waals surface area contributed by atoms with E-state index in [4.69, 9.17) is 9.47 Å². The maximum atomic E-state index is 12.5. The highest BCUT2D eigenvalue weighted by molar-refractivity contribution is 5.93. The van der Waals surface area contributed by atoms with Crippen LogP contribution in [0.15, 0.2) is 18.2 Å². The maximum Gasteiger partial charge on any atom is 0.277 e. The summed E-state index contributed by atoms with van der Waals surface area (Å²) in [4.78, 5) is 38.7. The number of rotatable bonds is 6. The van der Waals surface area contributed by atoms with Gasteiger partial charge < -0.3 is 29.9 Å². The van der Waals surface area contributed by atoms with Crippen LogP contribution in [0.1, 0.15) is 12.8 Å². The first-order chi connectivity index (χ1) is 13.5. The Morgan fingerprint density at radius 3 is 2.61 bits per heavy atom. The number of carbonyl (C=O) groups excluding carboxylic acids is 3. The second-order valence-corrected chi connectivity index (χ2v) is 7.18. The number of quaternary nitrogens is 1. The Labute approximate surface area is 163 Å². The van der Waals surface area contributed by atoms with Crippen molar-refractivity contribution in [3.8, 4) is 11.5 Å². The zero-order chi connectivity index (χ0) is 20.1. The van der Waals surface area contributed by atoms with Crippen molar-refractivity contribution in [1.82, 2.24) is 10.2 Å². The standard InChI is InChI=1S/C19H26N4O5/c1-20-17(24)10-22(2)18(25)11-23-7-5-13(6-8-23)19(26)21-14-3-4-15-16(9-14)28-12-27-15/h3-4,9,13H,5-8,10-12H2,1-2H3,(H,20,24)(H,21,26)/p+1. The Balaban J connectivity index is 1.44. The highest BCUT2D eigenvalue weighted by Gasteiger charge is 2.29. The maximum absolute atomic E-state index is 12.5. The van der Waals surface area contributed by atoms with Crippen molar-refractivity contribution in [2.75, 3.05) is 52.4 Å². The average Bonchev–Trinajstić information content (AvgIpc) is 3.16. The fourth-order valence-corrected chi connectivity index (χ4v) is 3.42. The molecule has 2 aliphatic rings. The fourth-order valence-electron chi connectivity index (χ4n) is 3.42. The molecule has 9 nitrogen and oxygen atoms in total. The number of hydrogen-bond donors (Lipinski definition) is 3. The normalized spacial score (nSPS) is 20.4. The molecule has 28 heavy (non-hydrogen) atoms. The molecular formula is C19H27N4O5+. The number of hydrogen-bond acceptors (Lipinski definition) is 5. The number of nitrogens with zero attached hydrogens (tertiary/aromatic N) is 1. The lowest BCUT2D eigenvalue weighted by Crippen LogP contribution is -3.14. The van der Waals surface area contributed by atoms with Crippen molar-refractivity contribution in [2.24, 2.45) is 5.92 Å². The Hall–Kier alpha value is -2.81. The predicted octanol–water partition coefficient (Wildman–Crippen LogP) is -1.15. The molecule has 3 amide bonds. The molecule has 3 rings (SSSR count). The molecule has 0 atom stereocenters. The van der Waals surface area contributed by atoms with Gasteiger partial charge in [-0.2, -0.15) is 0 Å². The molecule has 152 valence electrons. The summed E-state index contributed by atoms with van der Waals surface area (Å²) in [5.74, 6) is 0.970. The monoisotopic (exact) mass is 391 g/mol. The second-order valence-electron chi connectivity index (χ2n) is 7.18. The van der Waals surface area contributed by atoms with E-state index in [2.05, 4.69) is 10.6 Å². The van der Waals surface area contributed by atoms with E-state index in [0.29, 0.717) is 23.7 Å². The predicted molar refractivity (Wildman–Crippen MR) is 101 cm³/mol. The van der Waals surface area contributed by atoms with Crippen LogP contribution < -0.4 is 25.0 Å².